The Kier molecular flexibility index (Phi) is 5.24. The van der Waals surface area contributed by atoms with Gasteiger partial charge in [0.15, 0.2) is 0 Å². The van der Waals surface area contributed by atoms with Crippen molar-refractivity contribution in [3.05, 3.63) is 0 Å². The Morgan fingerprint density at radius 2 is 1.83 bits per heavy atom. The average Bonchev–Trinajstić information content (AvgIpc) is 3.21. The van der Waals surface area contributed by atoms with E-state index in [2.05, 4.69) is 20.8 Å². The SMILES string of the molecule is C.C.CCC1(OC(=O)C2CC3CC2C(C)C3C)CC2CCC1C2. The summed E-state index contributed by atoms with van der Waals surface area (Å²) in [6, 6.07) is 0. The summed E-state index contributed by atoms with van der Waals surface area (Å²) in [6.45, 7) is 6.95. The number of hydrogen-bond acceptors (Lipinski definition) is 2. The molecule has 8 unspecified atom stereocenters. The number of fused-ring (bicyclic) bond motifs is 4. The predicted molar refractivity (Wildman–Crippen MR) is 96.1 cm³/mol. The highest BCUT2D eigenvalue weighted by Crippen LogP contribution is 2.57. The molecule has 23 heavy (non-hydrogen) atoms. The van der Waals surface area contributed by atoms with Gasteiger partial charge in [-0.05, 0) is 80.5 Å². The van der Waals surface area contributed by atoms with Crippen LogP contribution in [0.25, 0.3) is 0 Å². The van der Waals surface area contributed by atoms with Crippen LogP contribution >= 0.6 is 0 Å². The lowest BCUT2D eigenvalue weighted by molar-refractivity contribution is -0.174. The van der Waals surface area contributed by atoms with Gasteiger partial charge in [0.05, 0.1) is 5.92 Å². The third kappa shape index (κ3) is 2.65. The fraction of sp³-hybridized carbons (Fsp3) is 0.952. The van der Waals surface area contributed by atoms with Gasteiger partial charge in [-0.2, -0.15) is 0 Å². The summed E-state index contributed by atoms with van der Waals surface area (Å²) < 4.78 is 6.26. The number of carbonyl (C=O) groups is 1. The molecular formula is C21H38O2. The summed E-state index contributed by atoms with van der Waals surface area (Å²) in [4.78, 5) is 12.9. The quantitative estimate of drug-likeness (QED) is 0.623. The van der Waals surface area contributed by atoms with Crippen molar-refractivity contribution in [2.45, 2.75) is 86.2 Å². The zero-order chi connectivity index (χ0) is 14.8. The van der Waals surface area contributed by atoms with Crippen LogP contribution in [0.5, 0.6) is 0 Å². The first-order valence-corrected chi connectivity index (χ1v) is 9.27. The zero-order valence-corrected chi connectivity index (χ0v) is 13.8. The van der Waals surface area contributed by atoms with Gasteiger partial charge in [0, 0.05) is 0 Å². The Morgan fingerprint density at radius 1 is 1.09 bits per heavy atom. The molecule has 0 aromatic heterocycles. The van der Waals surface area contributed by atoms with Crippen LogP contribution in [0, 0.1) is 41.4 Å². The van der Waals surface area contributed by atoms with Crippen molar-refractivity contribution >= 4 is 5.97 Å². The Bertz CT molecular complexity index is 443. The molecule has 0 saturated heterocycles. The van der Waals surface area contributed by atoms with Gasteiger partial charge < -0.3 is 4.74 Å². The third-order valence-corrected chi connectivity index (χ3v) is 8.02. The van der Waals surface area contributed by atoms with E-state index >= 15 is 0 Å². The van der Waals surface area contributed by atoms with Crippen LogP contribution in [0.1, 0.15) is 80.6 Å². The molecule has 4 bridgehead atoms. The number of esters is 1. The molecule has 0 spiro atoms. The van der Waals surface area contributed by atoms with E-state index in [9.17, 15) is 4.79 Å². The monoisotopic (exact) mass is 322 g/mol. The maximum absolute atomic E-state index is 12.9. The largest absolute Gasteiger partial charge is 0.459 e. The molecular weight excluding hydrogens is 284 g/mol. The van der Waals surface area contributed by atoms with Crippen molar-refractivity contribution < 1.29 is 9.53 Å². The fourth-order valence-electron chi connectivity index (χ4n) is 6.51. The molecule has 0 aromatic carbocycles. The highest BCUT2D eigenvalue weighted by Gasteiger charge is 2.56. The summed E-state index contributed by atoms with van der Waals surface area (Å²) in [5.41, 5.74) is -0.0866. The molecule has 4 saturated carbocycles. The fourth-order valence-corrected chi connectivity index (χ4v) is 6.51. The van der Waals surface area contributed by atoms with Crippen LogP contribution < -0.4 is 0 Å². The molecule has 0 amide bonds. The summed E-state index contributed by atoms with van der Waals surface area (Å²) in [6.07, 6.45) is 8.50. The number of rotatable bonds is 3. The topological polar surface area (TPSA) is 26.3 Å². The zero-order valence-electron chi connectivity index (χ0n) is 13.8. The highest BCUT2D eigenvalue weighted by molar-refractivity contribution is 5.74. The van der Waals surface area contributed by atoms with Crippen LogP contribution in [-0.4, -0.2) is 11.6 Å². The van der Waals surface area contributed by atoms with E-state index in [0.29, 0.717) is 17.8 Å². The van der Waals surface area contributed by atoms with Crippen molar-refractivity contribution in [1.82, 2.24) is 0 Å². The minimum absolute atomic E-state index is 0. The van der Waals surface area contributed by atoms with Gasteiger partial charge >= 0.3 is 5.97 Å². The van der Waals surface area contributed by atoms with Gasteiger partial charge in [-0.1, -0.05) is 35.6 Å². The molecule has 4 rings (SSSR count). The van der Waals surface area contributed by atoms with Crippen LogP contribution in [0.4, 0.5) is 0 Å². The number of hydrogen-bond donors (Lipinski definition) is 0. The summed E-state index contributed by atoms with van der Waals surface area (Å²) in [5.74, 6) is 4.76. The second kappa shape index (κ2) is 6.41. The Balaban J connectivity index is 0.000000960. The van der Waals surface area contributed by atoms with E-state index in [1.807, 2.05) is 0 Å². The lowest BCUT2D eigenvalue weighted by atomic mass is 9.75. The Hall–Kier alpha value is -0.530. The molecule has 0 aliphatic heterocycles. The van der Waals surface area contributed by atoms with E-state index in [1.54, 1.807) is 0 Å². The third-order valence-electron chi connectivity index (χ3n) is 8.02. The molecule has 0 aromatic rings. The number of carbonyl (C=O) groups excluding carboxylic acids is 1. The van der Waals surface area contributed by atoms with Crippen LogP contribution in [-0.2, 0) is 9.53 Å². The highest BCUT2D eigenvalue weighted by atomic mass is 16.6. The van der Waals surface area contributed by atoms with E-state index in [1.165, 1.54) is 25.7 Å². The molecule has 4 aliphatic carbocycles. The molecule has 0 N–H and O–H groups in total. The molecule has 2 nitrogen and oxygen atoms in total. The van der Waals surface area contributed by atoms with Gasteiger partial charge in [0.1, 0.15) is 5.60 Å². The van der Waals surface area contributed by atoms with Crippen molar-refractivity contribution in [3.8, 4) is 0 Å². The minimum Gasteiger partial charge on any atom is -0.459 e. The summed E-state index contributed by atoms with van der Waals surface area (Å²) >= 11 is 0. The molecule has 4 fully saturated rings. The first-order valence-electron chi connectivity index (χ1n) is 9.27. The maximum Gasteiger partial charge on any atom is 0.309 e. The molecule has 8 atom stereocenters. The first-order chi connectivity index (χ1) is 10.0. The van der Waals surface area contributed by atoms with Crippen LogP contribution in [0.15, 0.2) is 0 Å². The Morgan fingerprint density at radius 3 is 2.30 bits per heavy atom. The van der Waals surface area contributed by atoms with Crippen molar-refractivity contribution in [2.75, 3.05) is 0 Å². The minimum atomic E-state index is -0.0866. The number of ether oxygens (including phenoxy) is 1. The second-order valence-electron chi connectivity index (χ2n) is 8.64. The molecule has 2 heteroatoms. The first kappa shape index (κ1) is 18.8. The molecule has 4 aliphatic rings. The van der Waals surface area contributed by atoms with E-state index in [4.69, 9.17) is 4.74 Å². The Labute approximate surface area is 143 Å². The smallest absolute Gasteiger partial charge is 0.309 e. The lowest BCUT2D eigenvalue weighted by Gasteiger charge is -2.39. The van der Waals surface area contributed by atoms with Crippen LogP contribution in [0.2, 0.25) is 0 Å². The predicted octanol–water partition coefficient (Wildman–Crippen LogP) is 5.70. The van der Waals surface area contributed by atoms with Crippen molar-refractivity contribution in [2.24, 2.45) is 41.4 Å². The van der Waals surface area contributed by atoms with Gasteiger partial charge in [0.2, 0.25) is 0 Å². The van der Waals surface area contributed by atoms with Gasteiger partial charge in [-0.15, -0.1) is 0 Å². The van der Waals surface area contributed by atoms with Crippen molar-refractivity contribution in [1.29, 1.82) is 0 Å². The molecule has 0 heterocycles. The molecule has 134 valence electrons. The van der Waals surface area contributed by atoms with Gasteiger partial charge in [-0.3, -0.25) is 4.79 Å². The maximum atomic E-state index is 12.9. The van der Waals surface area contributed by atoms with E-state index in [-0.39, 0.29) is 32.3 Å². The summed E-state index contributed by atoms with van der Waals surface area (Å²) in [7, 11) is 0. The normalized spacial score (nSPS) is 49.6. The van der Waals surface area contributed by atoms with E-state index < -0.39 is 0 Å². The lowest BCUT2D eigenvalue weighted by Crippen LogP contribution is -2.43. The van der Waals surface area contributed by atoms with Crippen molar-refractivity contribution in [3.63, 3.8) is 0 Å². The average molecular weight is 323 g/mol. The summed E-state index contributed by atoms with van der Waals surface area (Å²) in [5, 5.41) is 0. The second-order valence-corrected chi connectivity index (χ2v) is 8.64. The van der Waals surface area contributed by atoms with E-state index in [0.717, 1.165) is 37.0 Å². The standard InChI is InChI=1S/C19H30O2.2CH4/c1-4-19(10-13-5-6-15(19)7-13)21-18(20)17-9-14-8-16(17)12(3)11(14)2;;/h11-17H,4-10H2,1-3H3;2*1H4. The molecule has 0 radical (unpaired) electrons. The van der Waals surface area contributed by atoms with Gasteiger partial charge in [0.25, 0.3) is 0 Å². The van der Waals surface area contributed by atoms with Crippen LogP contribution in [0.3, 0.4) is 0 Å². The van der Waals surface area contributed by atoms with Gasteiger partial charge in [-0.25, -0.2) is 0 Å².